The van der Waals surface area contributed by atoms with E-state index < -0.39 is 0 Å². The standard InChI is InChI=1S/C18H21ClN4O3/c1-13-11-16(21-26-13)20-17(24)5-6-22-7-9-23(10-8-22)18(25)14-3-2-4-15(19)12-14/h2-4,11-12H,5-10H2,1H3,(H,20,21,24). The minimum atomic E-state index is -0.101. The third-order valence-electron chi connectivity index (χ3n) is 4.28. The van der Waals surface area contributed by atoms with E-state index in [4.69, 9.17) is 16.1 Å². The molecule has 1 aromatic carbocycles. The average Bonchev–Trinajstić information content (AvgIpc) is 3.04. The summed E-state index contributed by atoms with van der Waals surface area (Å²) in [4.78, 5) is 28.5. The first-order valence-corrected chi connectivity index (χ1v) is 8.89. The minimum Gasteiger partial charge on any atom is -0.360 e. The molecule has 1 saturated heterocycles. The second kappa shape index (κ2) is 8.33. The van der Waals surface area contributed by atoms with E-state index in [2.05, 4.69) is 15.4 Å². The Morgan fingerprint density at radius 1 is 1.23 bits per heavy atom. The Kier molecular flexibility index (Phi) is 5.90. The highest BCUT2D eigenvalue weighted by atomic mass is 35.5. The molecule has 7 nitrogen and oxygen atoms in total. The zero-order valence-corrected chi connectivity index (χ0v) is 15.3. The summed E-state index contributed by atoms with van der Waals surface area (Å²) >= 11 is 5.95. The maximum Gasteiger partial charge on any atom is 0.253 e. The quantitative estimate of drug-likeness (QED) is 0.867. The Labute approximate surface area is 156 Å². The van der Waals surface area contributed by atoms with Gasteiger partial charge in [-0.05, 0) is 25.1 Å². The fourth-order valence-corrected chi connectivity index (χ4v) is 3.06. The van der Waals surface area contributed by atoms with Crippen LogP contribution in [0.25, 0.3) is 0 Å². The normalized spacial score (nSPS) is 15.1. The summed E-state index contributed by atoms with van der Waals surface area (Å²) in [6.07, 6.45) is 0.369. The molecule has 1 aliphatic heterocycles. The molecule has 1 aliphatic rings. The van der Waals surface area contributed by atoms with Gasteiger partial charge in [0.15, 0.2) is 5.82 Å². The number of piperazine rings is 1. The number of carbonyl (C=O) groups is 2. The highest BCUT2D eigenvalue weighted by Crippen LogP contribution is 2.14. The summed E-state index contributed by atoms with van der Waals surface area (Å²) in [6.45, 7) is 5.16. The molecule has 1 aromatic heterocycles. The Morgan fingerprint density at radius 3 is 2.65 bits per heavy atom. The van der Waals surface area contributed by atoms with Crippen molar-refractivity contribution >= 4 is 29.2 Å². The summed E-state index contributed by atoms with van der Waals surface area (Å²) in [5, 5.41) is 7.01. The van der Waals surface area contributed by atoms with E-state index in [1.807, 2.05) is 4.90 Å². The molecule has 26 heavy (non-hydrogen) atoms. The number of benzene rings is 1. The Morgan fingerprint density at radius 2 is 2.00 bits per heavy atom. The van der Waals surface area contributed by atoms with Crippen molar-refractivity contribution in [3.8, 4) is 0 Å². The zero-order chi connectivity index (χ0) is 18.5. The smallest absolute Gasteiger partial charge is 0.253 e. The summed E-state index contributed by atoms with van der Waals surface area (Å²) in [6, 6.07) is 8.67. The number of halogens is 1. The summed E-state index contributed by atoms with van der Waals surface area (Å²) in [5.74, 6) is 0.979. The van der Waals surface area contributed by atoms with E-state index in [-0.39, 0.29) is 11.8 Å². The Hall–Kier alpha value is -2.38. The van der Waals surface area contributed by atoms with Crippen LogP contribution in [0, 0.1) is 6.92 Å². The van der Waals surface area contributed by atoms with Crippen LogP contribution in [0.1, 0.15) is 22.5 Å². The van der Waals surface area contributed by atoms with Gasteiger partial charge in [0.25, 0.3) is 5.91 Å². The van der Waals surface area contributed by atoms with Crippen LogP contribution in [-0.4, -0.2) is 59.5 Å². The molecule has 0 unspecified atom stereocenters. The maximum atomic E-state index is 12.5. The van der Waals surface area contributed by atoms with Gasteiger partial charge in [-0.3, -0.25) is 14.5 Å². The number of nitrogens with zero attached hydrogens (tertiary/aromatic N) is 3. The first-order chi connectivity index (χ1) is 12.5. The molecule has 1 N–H and O–H groups in total. The summed E-state index contributed by atoms with van der Waals surface area (Å²) in [5.41, 5.74) is 0.605. The first kappa shape index (κ1) is 18.4. The van der Waals surface area contributed by atoms with Crippen molar-refractivity contribution in [1.82, 2.24) is 15.0 Å². The van der Waals surface area contributed by atoms with Gasteiger partial charge >= 0.3 is 0 Å². The highest BCUT2D eigenvalue weighted by Gasteiger charge is 2.22. The van der Waals surface area contributed by atoms with Crippen LogP contribution in [0.4, 0.5) is 5.82 Å². The highest BCUT2D eigenvalue weighted by molar-refractivity contribution is 6.30. The van der Waals surface area contributed by atoms with Gasteiger partial charge in [-0.25, -0.2) is 0 Å². The molecule has 138 valence electrons. The number of aryl methyl sites for hydroxylation is 1. The van der Waals surface area contributed by atoms with Gasteiger partial charge in [-0.2, -0.15) is 0 Å². The molecule has 0 saturated carbocycles. The van der Waals surface area contributed by atoms with E-state index in [9.17, 15) is 9.59 Å². The number of carbonyl (C=O) groups excluding carboxylic acids is 2. The molecule has 8 heteroatoms. The molecule has 0 aliphatic carbocycles. The lowest BCUT2D eigenvalue weighted by molar-refractivity contribution is -0.116. The topological polar surface area (TPSA) is 78.7 Å². The third-order valence-corrected chi connectivity index (χ3v) is 4.52. The van der Waals surface area contributed by atoms with Gasteiger partial charge in [0, 0.05) is 55.8 Å². The maximum absolute atomic E-state index is 12.5. The van der Waals surface area contributed by atoms with Crippen LogP contribution in [-0.2, 0) is 4.79 Å². The van der Waals surface area contributed by atoms with E-state index in [0.717, 1.165) is 13.1 Å². The molecule has 1 fully saturated rings. The fraction of sp³-hybridized carbons (Fsp3) is 0.389. The van der Waals surface area contributed by atoms with Gasteiger partial charge < -0.3 is 14.7 Å². The zero-order valence-electron chi connectivity index (χ0n) is 14.6. The Bertz CT molecular complexity index is 784. The van der Waals surface area contributed by atoms with Gasteiger partial charge in [-0.15, -0.1) is 0 Å². The van der Waals surface area contributed by atoms with Crippen molar-refractivity contribution in [2.45, 2.75) is 13.3 Å². The van der Waals surface area contributed by atoms with Crippen LogP contribution in [0.2, 0.25) is 5.02 Å². The van der Waals surface area contributed by atoms with Crippen LogP contribution in [0.15, 0.2) is 34.9 Å². The monoisotopic (exact) mass is 376 g/mol. The lowest BCUT2D eigenvalue weighted by Crippen LogP contribution is -2.49. The summed E-state index contributed by atoms with van der Waals surface area (Å²) < 4.78 is 4.92. The van der Waals surface area contributed by atoms with E-state index in [0.29, 0.717) is 48.2 Å². The SMILES string of the molecule is Cc1cc(NC(=O)CCN2CCN(C(=O)c3cccc(Cl)c3)CC2)no1. The number of anilines is 1. The van der Waals surface area contributed by atoms with Gasteiger partial charge in [0.2, 0.25) is 5.91 Å². The van der Waals surface area contributed by atoms with Crippen molar-refractivity contribution in [2.24, 2.45) is 0 Å². The predicted octanol–water partition coefficient (Wildman–Crippen LogP) is 2.42. The molecule has 2 heterocycles. The van der Waals surface area contributed by atoms with Crippen molar-refractivity contribution in [3.63, 3.8) is 0 Å². The van der Waals surface area contributed by atoms with Gasteiger partial charge in [0.05, 0.1) is 0 Å². The largest absolute Gasteiger partial charge is 0.360 e. The molecule has 2 aromatic rings. The van der Waals surface area contributed by atoms with Crippen molar-refractivity contribution in [3.05, 3.63) is 46.7 Å². The molecule has 0 atom stereocenters. The van der Waals surface area contributed by atoms with Crippen molar-refractivity contribution in [1.29, 1.82) is 0 Å². The second-order valence-corrected chi connectivity index (χ2v) is 6.70. The number of hydrogen-bond acceptors (Lipinski definition) is 5. The number of aromatic nitrogens is 1. The van der Waals surface area contributed by atoms with Crippen LogP contribution in [0.5, 0.6) is 0 Å². The predicted molar refractivity (Wildman–Crippen MR) is 98.3 cm³/mol. The molecular weight excluding hydrogens is 356 g/mol. The Balaban J connectivity index is 1.42. The van der Waals surface area contributed by atoms with Gasteiger partial charge in [0.1, 0.15) is 5.76 Å². The van der Waals surface area contributed by atoms with E-state index in [1.54, 1.807) is 37.3 Å². The van der Waals surface area contributed by atoms with Crippen molar-refractivity contribution < 1.29 is 14.1 Å². The van der Waals surface area contributed by atoms with Crippen LogP contribution < -0.4 is 5.32 Å². The van der Waals surface area contributed by atoms with Crippen LogP contribution in [0.3, 0.4) is 0 Å². The molecule has 0 spiro atoms. The number of amides is 2. The lowest BCUT2D eigenvalue weighted by Gasteiger charge is -2.34. The number of hydrogen-bond donors (Lipinski definition) is 1. The average molecular weight is 377 g/mol. The molecular formula is C18H21ClN4O3. The van der Waals surface area contributed by atoms with E-state index >= 15 is 0 Å². The second-order valence-electron chi connectivity index (χ2n) is 6.27. The van der Waals surface area contributed by atoms with E-state index in [1.165, 1.54) is 0 Å². The summed E-state index contributed by atoms with van der Waals surface area (Å²) in [7, 11) is 0. The molecule has 2 amide bonds. The number of rotatable bonds is 5. The number of nitrogens with one attached hydrogen (secondary N) is 1. The third kappa shape index (κ3) is 4.83. The fourth-order valence-electron chi connectivity index (χ4n) is 2.87. The minimum absolute atomic E-state index is 0.00806. The van der Waals surface area contributed by atoms with Crippen LogP contribution >= 0.6 is 11.6 Å². The molecule has 0 radical (unpaired) electrons. The van der Waals surface area contributed by atoms with Crippen molar-refractivity contribution in [2.75, 3.05) is 38.0 Å². The lowest BCUT2D eigenvalue weighted by atomic mass is 10.2. The van der Waals surface area contributed by atoms with Gasteiger partial charge in [-0.1, -0.05) is 22.8 Å². The molecule has 3 rings (SSSR count). The molecule has 0 bridgehead atoms. The first-order valence-electron chi connectivity index (χ1n) is 8.51.